The van der Waals surface area contributed by atoms with Crippen molar-refractivity contribution in [2.45, 2.75) is 0 Å². The van der Waals surface area contributed by atoms with Crippen molar-refractivity contribution in [3.05, 3.63) is 79.0 Å². The smallest absolute Gasteiger partial charge is 0.128 e. The van der Waals surface area contributed by atoms with Gasteiger partial charge in [0.2, 0.25) is 0 Å². The summed E-state index contributed by atoms with van der Waals surface area (Å²) < 4.78 is 11.2. The molecule has 180 valence electrons. The maximum absolute atomic E-state index is 10.7. The zero-order valence-corrected chi connectivity index (χ0v) is 19.9. The molecule has 5 rings (SSSR count). The van der Waals surface area contributed by atoms with Crippen LogP contribution in [0.15, 0.2) is 79.0 Å². The van der Waals surface area contributed by atoms with Gasteiger partial charge in [0.15, 0.2) is 0 Å². The van der Waals surface area contributed by atoms with Crippen molar-refractivity contribution in [1.29, 1.82) is 0 Å². The van der Waals surface area contributed by atoms with Crippen molar-refractivity contribution >= 4 is 5.69 Å². The molecule has 0 radical (unpaired) electrons. The van der Waals surface area contributed by atoms with E-state index in [4.69, 9.17) is 9.47 Å². The van der Waals surface area contributed by atoms with Crippen LogP contribution < -0.4 is 14.4 Å². The van der Waals surface area contributed by atoms with Crippen molar-refractivity contribution in [1.82, 2.24) is 15.1 Å². The number of aromatic nitrogens is 2. The van der Waals surface area contributed by atoms with Crippen LogP contribution in [0.25, 0.3) is 22.4 Å². The molecule has 1 aliphatic rings. The highest BCUT2D eigenvalue weighted by molar-refractivity contribution is 5.83. The van der Waals surface area contributed by atoms with Gasteiger partial charge in [0.1, 0.15) is 23.9 Å². The molecule has 0 amide bonds. The highest BCUT2D eigenvalue weighted by Crippen LogP contribution is 2.37. The Morgan fingerprint density at radius 3 is 2.34 bits per heavy atom. The molecule has 2 N–H and O–H groups in total. The molecule has 1 aliphatic heterocycles. The van der Waals surface area contributed by atoms with Crippen LogP contribution in [0.3, 0.4) is 0 Å². The molecule has 1 fully saturated rings. The van der Waals surface area contributed by atoms with Crippen molar-refractivity contribution in [2.24, 2.45) is 0 Å². The topological polar surface area (TPSA) is 73.9 Å². The molecule has 0 saturated carbocycles. The number of hydrogen-bond donors (Lipinski definition) is 2. The van der Waals surface area contributed by atoms with Gasteiger partial charge in [0, 0.05) is 55.6 Å². The van der Waals surface area contributed by atoms with Crippen molar-refractivity contribution in [3.63, 3.8) is 0 Å². The van der Waals surface area contributed by atoms with Crippen LogP contribution in [0.2, 0.25) is 0 Å². The molecular formula is C28H30N4O3. The number of methoxy groups -OCH3 is 1. The number of aromatic amines is 1. The maximum Gasteiger partial charge on any atom is 0.128 e. The average molecular weight is 471 g/mol. The van der Waals surface area contributed by atoms with Gasteiger partial charge < -0.3 is 19.5 Å². The van der Waals surface area contributed by atoms with Gasteiger partial charge in [-0.1, -0.05) is 30.3 Å². The fourth-order valence-corrected chi connectivity index (χ4v) is 4.46. The molecule has 3 aromatic carbocycles. The number of ether oxygens (including phenoxy) is 2. The molecular weight excluding hydrogens is 440 g/mol. The lowest BCUT2D eigenvalue weighted by Crippen LogP contribution is -2.47. The number of aromatic hydroxyl groups is 1. The van der Waals surface area contributed by atoms with Gasteiger partial charge in [-0.05, 0) is 42.0 Å². The Balaban J connectivity index is 1.14. The molecule has 0 spiro atoms. The summed E-state index contributed by atoms with van der Waals surface area (Å²) in [5.74, 6) is 1.70. The number of nitrogens with one attached hydrogen (secondary N) is 1. The second-order valence-corrected chi connectivity index (χ2v) is 8.58. The van der Waals surface area contributed by atoms with Crippen LogP contribution in [0.1, 0.15) is 0 Å². The number of H-pyrrole nitrogens is 1. The molecule has 0 aliphatic carbocycles. The summed E-state index contributed by atoms with van der Waals surface area (Å²) in [4.78, 5) is 4.80. The Hall–Kier alpha value is -3.97. The lowest BCUT2D eigenvalue weighted by Gasteiger charge is -2.36. The second kappa shape index (κ2) is 10.5. The number of phenolic OH excluding ortho intramolecular Hbond substituents is 1. The number of hydrogen-bond acceptors (Lipinski definition) is 6. The van der Waals surface area contributed by atoms with Crippen LogP contribution in [-0.4, -0.2) is 66.6 Å². The van der Waals surface area contributed by atoms with Gasteiger partial charge in [-0.15, -0.1) is 0 Å². The first-order chi connectivity index (χ1) is 17.2. The molecule has 0 atom stereocenters. The monoisotopic (exact) mass is 470 g/mol. The van der Waals surface area contributed by atoms with Crippen LogP contribution in [-0.2, 0) is 0 Å². The SMILES string of the molecule is COc1ccc(N2CCN(CCOc3ccc(-c4[nH]ncc4-c4ccccc4)c(O)c3)CC2)cc1. The first-order valence-corrected chi connectivity index (χ1v) is 11.9. The van der Waals surface area contributed by atoms with Crippen molar-refractivity contribution < 1.29 is 14.6 Å². The van der Waals surface area contributed by atoms with E-state index in [0.717, 1.165) is 55.3 Å². The van der Waals surface area contributed by atoms with Crippen LogP contribution >= 0.6 is 0 Å². The highest BCUT2D eigenvalue weighted by Gasteiger charge is 2.18. The molecule has 35 heavy (non-hydrogen) atoms. The minimum Gasteiger partial charge on any atom is -0.507 e. The Kier molecular flexibility index (Phi) is 6.86. The van der Waals surface area contributed by atoms with Crippen LogP contribution in [0.5, 0.6) is 17.2 Å². The molecule has 1 aromatic heterocycles. The summed E-state index contributed by atoms with van der Waals surface area (Å²) in [5.41, 5.74) is 4.70. The fourth-order valence-electron chi connectivity index (χ4n) is 4.46. The van der Waals surface area contributed by atoms with Crippen LogP contribution in [0, 0.1) is 0 Å². The van der Waals surface area contributed by atoms with E-state index in [1.54, 1.807) is 19.4 Å². The zero-order chi connectivity index (χ0) is 24.0. The van der Waals surface area contributed by atoms with E-state index in [-0.39, 0.29) is 5.75 Å². The predicted octanol–water partition coefficient (Wildman–Crippen LogP) is 4.66. The number of nitrogens with zero attached hydrogens (tertiary/aromatic N) is 3. The maximum atomic E-state index is 10.7. The zero-order valence-electron chi connectivity index (χ0n) is 19.9. The summed E-state index contributed by atoms with van der Waals surface area (Å²) in [6, 6.07) is 23.7. The van der Waals surface area contributed by atoms with E-state index in [1.807, 2.05) is 54.6 Å². The third kappa shape index (κ3) is 5.25. The lowest BCUT2D eigenvalue weighted by molar-refractivity contribution is 0.200. The molecule has 7 nitrogen and oxygen atoms in total. The largest absolute Gasteiger partial charge is 0.507 e. The summed E-state index contributed by atoms with van der Waals surface area (Å²) in [7, 11) is 1.69. The number of phenols is 1. The molecule has 4 aromatic rings. The quantitative estimate of drug-likeness (QED) is 0.390. The van der Waals surface area contributed by atoms with Crippen molar-refractivity contribution in [2.75, 3.05) is 51.3 Å². The van der Waals surface area contributed by atoms with E-state index < -0.39 is 0 Å². The van der Waals surface area contributed by atoms with Gasteiger partial charge in [-0.3, -0.25) is 10.00 Å². The van der Waals surface area contributed by atoms with E-state index in [0.29, 0.717) is 17.9 Å². The Bertz CT molecular complexity index is 1230. The van der Waals surface area contributed by atoms with Gasteiger partial charge in [0.25, 0.3) is 0 Å². The van der Waals surface area contributed by atoms with Gasteiger partial charge >= 0.3 is 0 Å². The standard InChI is InChI=1S/C28H30N4O3/c1-34-23-9-7-22(8-10-23)32-15-13-31(14-16-32)17-18-35-24-11-12-25(27(33)19-24)28-26(20-29-30-28)21-5-3-2-4-6-21/h2-12,19-20,33H,13-18H2,1H3,(H,29,30). The summed E-state index contributed by atoms with van der Waals surface area (Å²) in [5, 5.41) is 17.9. The summed E-state index contributed by atoms with van der Waals surface area (Å²) >= 11 is 0. The average Bonchev–Trinajstić information content (AvgIpc) is 3.39. The van der Waals surface area contributed by atoms with E-state index in [2.05, 4.69) is 32.1 Å². The van der Waals surface area contributed by atoms with Gasteiger partial charge in [0.05, 0.1) is 19.0 Å². The Labute approximate surface area is 205 Å². The third-order valence-corrected chi connectivity index (χ3v) is 6.45. The molecule has 0 unspecified atom stereocenters. The fraction of sp³-hybridized carbons (Fsp3) is 0.250. The number of piperazine rings is 1. The van der Waals surface area contributed by atoms with E-state index >= 15 is 0 Å². The Morgan fingerprint density at radius 1 is 0.886 bits per heavy atom. The number of benzene rings is 3. The first-order valence-electron chi connectivity index (χ1n) is 11.9. The summed E-state index contributed by atoms with van der Waals surface area (Å²) in [6.07, 6.45) is 1.78. The molecule has 2 heterocycles. The predicted molar refractivity (Wildman–Crippen MR) is 138 cm³/mol. The molecule has 0 bridgehead atoms. The van der Waals surface area contributed by atoms with E-state index in [9.17, 15) is 5.11 Å². The normalized spacial score (nSPS) is 14.1. The minimum absolute atomic E-state index is 0.164. The minimum atomic E-state index is 0.164. The Morgan fingerprint density at radius 2 is 1.63 bits per heavy atom. The van der Waals surface area contributed by atoms with E-state index in [1.165, 1.54) is 5.69 Å². The van der Waals surface area contributed by atoms with Crippen LogP contribution in [0.4, 0.5) is 5.69 Å². The van der Waals surface area contributed by atoms with Gasteiger partial charge in [-0.2, -0.15) is 5.10 Å². The summed E-state index contributed by atoms with van der Waals surface area (Å²) in [6.45, 7) is 5.35. The van der Waals surface area contributed by atoms with Gasteiger partial charge in [-0.25, -0.2) is 0 Å². The molecule has 1 saturated heterocycles. The molecule has 7 heteroatoms. The first kappa shape index (κ1) is 22.8. The third-order valence-electron chi connectivity index (χ3n) is 6.45. The number of anilines is 1. The van der Waals surface area contributed by atoms with Crippen molar-refractivity contribution in [3.8, 4) is 39.6 Å². The highest BCUT2D eigenvalue weighted by atomic mass is 16.5. The number of rotatable bonds is 8. The second-order valence-electron chi connectivity index (χ2n) is 8.58. The lowest BCUT2D eigenvalue weighted by atomic mass is 10.0.